The van der Waals surface area contributed by atoms with Gasteiger partial charge in [0, 0.05) is 19.2 Å². The zero-order valence-corrected chi connectivity index (χ0v) is 17.4. The molecule has 1 aromatic heterocycles. The van der Waals surface area contributed by atoms with Crippen LogP contribution in [0, 0.1) is 0 Å². The molecule has 0 unspecified atom stereocenters. The Balaban J connectivity index is 0.00000210. The Labute approximate surface area is 169 Å². The van der Waals surface area contributed by atoms with Gasteiger partial charge >= 0.3 is 0 Å². The van der Waals surface area contributed by atoms with Crippen molar-refractivity contribution in [3.8, 4) is 0 Å². The molecule has 2 aromatic rings. The number of thiophene rings is 1. The average molecular weight is 428 g/mol. The SMILES string of the molecule is CN1c2ccccc2/C(=N/OCCN2CCCC2)c2sccc2S1(=O)=O.Cl. The van der Waals surface area contributed by atoms with E-state index in [0.717, 1.165) is 25.2 Å². The summed E-state index contributed by atoms with van der Waals surface area (Å²) in [6, 6.07) is 9.03. The van der Waals surface area contributed by atoms with Gasteiger partial charge in [-0.2, -0.15) is 0 Å². The smallest absolute Gasteiger partial charge is 0.265 e. The summed E-state index contributed by atoms with van der Waals surface area (Å²) in [5, 5.41) is 6.15. The van der Waals surface area contributed by atoms with Gasteiger partial charge in [0.05, 0.1) is 10.6 Å². The summed E-state index contributed by atoms with van der Waals surface area (Å²) in [4.78, 5) is 8.88. The number of benzene rings is 1. The van der Waals surface area contributed by atoms with Gasteiger partial charge in [-0.25, -0.2) is 8.42 Å². The second-order valence-electron chi connectivity index (χ2n) is 6.43. The molecule has 0 atom stereocenters. The van der Waals surface area contributed by atoms with Gasteiger partial charge in [-0.3, -0.25) is 9.21 Å². The lowest BCUT2D eigenvalue weighted by atomic mass is 10.1. The first-order valence-corrected chi connectivity index (χ1v) is 11.0. The average Bonchev–Trinajstić information content (AvgIpc) is 3.32. The summed E-state index contributed by atoms with van der Waals surface area (Å²) in [5.74, 6) is 0. The van der Waals surface area contributed by atoms with Crippen LogP contribution in [0.3, 0.4) is 0 Å². The minimum absolute atomic E-state index is 0. The van der Waals surface area contributed by atoms with E-state index in [4.69, 9.17) is 4.84 Å². The second-order valence-corrected chi connectivity index (χ2v) is 9.28. The fraction of sp³-hybridized carbons (Fsp3) is 0.389. The molecule has 1 saturated heterocycles. The molecule has 9 heteroatoms. The number of oxime groups is 1. The van der Waals surface area contributed by atoms with Crippen LogP contribution >= 0.6 is 23.7 Å². The number of rotatable bonds is 4. The van der Waals surface area contributed by atoms with E-state index in [1.54, 1.807) is 24.6 Å². The molecule has 1 aromatic carbocycles. The number of anilines is 1. The van der Waals surface area contributed by atoms with Crippen molar-refractivity contribution in [2.75, 3.05) is 37.6 Å². The topological polar surface area (TPSA) is 62.2 Å². The van der Waals surface area contributed by atoms with E-state index < -0.39 is 10.0 Å². The lowest BCUT2D eigenvalue weighted by Crippen LogP contribution is -2.26. The maximum Gasteiger partial charge on any atom is 0.265 e. The third kappa shape index (κ3) is 3.71. The van der Waals surface area contributed by atoms with Gasteiger partial charge in [-0.15, -0.1) is 23.7 Å². The molecule has 4 rings (SSSR count). The number of sulfonamides is 1. The molecule has 27 heavy (non-hydrogen) atoms. The summed E-state index contributed by atoms with van der Waals surface area (Å²) in [7, 11) is -2.03. The van der Waals surface area contributed by atoms with Crippen LogP contribution in [0.2, 0.25) is 0 Å². The molecule has 146 valence electrons. The number of para-hydroxylation sites is 1. The summed E-state index contributed by atoms with van der Waals surface area (Å²) in [6.07, 6.45) is 2.48. The Morgan fingerprint density at radius 2 is 1.93 bits per heavy atom. The molecule has 1 fully saturated rings. The molecule has 3 heterocycles. The predicted octanol–water partition coefficient (Wildman–Crippen LogP) is 3.17. The highest BCUT2D eigenvalue weighted by molar-refractivity contribution is 7.93. The number of halogens is 1. The quantitative estimate of drug-likeness (QED) is 0.555. The van der Waals surface area contributed by atoms with E-state index in [-0.39, 0.29) is 17.3 Å². The maximum atomic E-state index is 12.9. The summed E-state index contributed by atoms with van der Waals surface area (Å²) < 4.78 is 27.2. The normalized spacial score (nSPS) is 19.9. The van der Waals surface area contributed by atoms with Crippen molar-refractivity contribution in [3.63, 3.8) is 0 Å². The molecule has 0 aliphatic carbocycles. The monoisotopic (exact) mass is 427 g/mol. The Hall–Kier alpha value is -1.61. The van der Waals surface area contributed by atoms with Crippen molar-refractivity contribution in [1.82, 2.24) is 4.90 Å². The number of nitrogens with zero attached hydrogens (tertiary/aromatic N) is 3. The summed E-state index contributed by atoms with van der Waals surface area (Å²) in [6.45, 7) is 3.56. The molecule has 0 radical (unpaired) electrons. The first-order valence-electron chi connectivity index (χ1n) is 8.67. The van der Waals surface area contributed by atoms with Crippen molar-refractivity contribution in [3.05, 3.63) is 46.2 Å². The Morgan fingerprint density at radius 3 is 2.70 bits per heavy atom. The third-order valence-corrected chi connectivity index (χ3v) is 7.70. The van der Waals surface area contributed by atoms with E-state index in [1.165, 1.54) is 28.5 Å². The molecule has 6 nitrogen and oxygen atoms in total. The Morgan fingerprint density at radius 1 is 1.19 bits per heavy atom. The zero-order chi connectivity index (χ0) is 18.1. The van der Waals surface area contributed by atoms with Crippen LogP contribution in [0.25, 0.3) is 0 Å². The molecule has 0 amide bonds. The van der Waals surface area contributed by atoms with Crippen LogP contribution in [0.15, 0.2) is 45.8 Å². The first-order chi connectivity index (χ1) is 12.6. The Bertz CT molecular complexity index is 937. The fourth-order valence-corrected chi connectivity index (χ4v) is 6.01. The molecule has 2 aliphatic rings. The molecule has 0 bridgehead atoms. The number of likely N-dealkylation sites (tertiary alicyclic amines) is 1. The minimum Gasteiger partial charge on any atom is -0.394 e. The zero-order valence-electron chi connectivity index (χ0n) is 15.0. The van der Waals surface area contributed by atoms with Crippen LogP contribution in [0.1, 0.15) is 23.3 Å². The third-order valence-electron chi connectivity index (χ3n) is 4.83. The lowest BCUT2D eigenvalue weighted by molar-refractivity contribution is 0.119. The van der Waals surface area contributed by atoms with E-state index in [9.17, 15) is 8.42 Å². The molecular formula is C18H22ClN3O3S2. The van der Waals surface area contributed by atoms with Crippen LogP contribution < -0.4 is 4.31 Å². The number of hydrogen-bond acceptors (Lipinski definition) is 6. The van der Waals surface area contributed by atoms with Gasteiger partial charge in [-0.05, 0) is 43.4 Å². The molecule has 0 saturated carbocycles. The van der Waals surface area contributed by atoms with Crippen LogP contribution in [-0.2, 0) is 14.9 Å². The van der Waals surface area contributed by atoms with E-state index in [0.29, 0.717) is 22.9 Å². The largest absolute Gasteiger partial charge is 0.394 e. The van der Waals surface area contributed by atoms with Gasteiger partial charge in [-0.1, -0.05) is 23.4 Å². The molecule has 0 spiro atoms. The van der Waals surface area contributed by atoms with Gasteiger partial charge in [0.2, 0.25) is 0 Å². The van der Waals surface area contributed by atoms with Gasteiger partial charge in [0.25, 0.3) is 10.0 Å². The highest BCUT2D eigenvalue weighted by atomic mass is 35.5. The second kappa shape index (κ2) is 8.18. The van der Waals surface area contributed by atoms with Gasteiger partial charge in [0.1, 0.15) is 17.2 Å². The number of hydrogen-bond donors (Lipinski definition) is 0. The van der Waals surface area contributed by atoms with E-state index in [2.05, 4.69) is 10.1 Å². The highest BCUT2D eigenvalue weighted by Crippen LogP contribution is 2.36. The highest BCUT2D eigenvalue weighted by Gasteiger charge is 2.34. The first kappa shape index (κ1) is 20.1. The summed E-state index contributed by atoms with van der Waals surface area (Å²) >= 11 is 1.37. The predicted molar refractivity (Wildman–Crippen MR) is 111 cm³/mol. The van der Waals surface area contributed by atoms with Crippen molar-refractivity contribution in [2.45, 2.75) is 17.7 Å². The molecular weight excluding hydrogens is 406 g/mol. The number of fused-ring (bicyclic) bond motifs is 2. The van der Waals surface area contributed by atoms with E-state index in [1.807, 2.05) is 18.2 Å². The lowest BCUT2D eigenvalue weighted by Gasteiger charge is -2.18. The van der Waals surface area contributed by atoms with Crippen molar-refractivity contribution in [2.24, 2.45) is 5.16 Å². The summed E-state index contributed by atoms with van der Waals surface area (Å²) in [5.41, 5.74) is 1.96. The van der Waals surface area contributed by atoms with Crippen LogP contribution in [0.5, 0.6) is 0 Å². The van der Waals surface area contributed by atoms with Crippen LogP contribution in [0.4, 0.5) is 5.69 Å². The van der Waals surface area contributed by atoms with Crippen molar-refractivity contribution >= 4 is 45.2 Å². The molecule has 2 aliphatic heterocycles. The van der Waals surface area contributed by atoms with Gasteiger partial charge < -0.3 is 4.84 Å². The molecule has 0 N–H and O–H groups in total. The van der Waals surface area contributed by atoms with Crippen molar-refractivity contribution < 1.29 is 13.3 Å². The van der Waals surface area contributed by atoms with E-state index >= 15 is 0 Å². The maximum absolute atomic E-state index is 12.9. The van der Waals surface area contributed by atoms with Crippen molar-refractivity contribution in [1.29, 1.82) is 0 Å². The van der Waals surface area contributed by atoms with Gasteiger partial charge in [0.15, 0.2) is 0 Å². The Kier molecular flexibility index (Phi) is 6.10. The van der Waals surface area contributed by atoms with Crippen LogP contribution in [-0.4, -0.2) is 52.3 Å². The minimum atomic E-state index is -3.60. The standard InChI is InChI=1S/C18H21N3O3S2.ClH/c1-20-15-7-3-2-6-14(15)17(18-16(8-13-25-18)26(20,22)23)19-24-12-11-21-9-4-5-10-21;/h2-3,6-8,13H,4-5,9-12H2,1H3;1H/b19-17-;. The fourth-order valence-electron chi connectivity index (χ4n) is 3.40.